The predicted molar refractivity (Wildman–Crippen MR) is 149 cm³/mol. The van der Waals surface area contributed by atoms with Crippen LogP contribution in [0.2, 0.25) is 4.34 Å². The molecule has 0 aliphatic carbocycles. The number of anilines is 1. The minimum Gasteiger partial charge on any atom is -0.361 e. The molecule has 2 aromatic heterocycles. The Morgan fingerprint density at radius 1 is 1.28 bits per heavy atom. The van der Waals surface area contributed by atoms with Crippen molar-refractivity contribution in [1.82, 2.24) is 14.4 Å². The summed E-state index contributed by atoms with van der Waals surface area (Å²) in [6.45, 7) is 4.96. The Morgan fingerprint density at radius 3 is 2.56 bits per heavy atom. The van der Waals surface area contributed by atoms with Crippen LogP contribution in [-0.2, 0) is 21.4 Å². The highest BCUT2D eigenvalue weighted by atomic mass is 35.5. The summed E-state index contributed by atoms with van der Waals surface area (Å²) in [5.74, 6) is -1.26. The van der Waals surface area contributed by atoms with Crippen molar-refractivity contribution < 1.29 is 26.9 Å². The molecule has 2 amide bonds. The number of allylic oxidation sites excluding steroid dienone is 1. The molecule has 1 aliphatic rings. The van der Waals surface area contributed by atoms with E-state index in [0.29, 0.717) is 31.8 Å². The maximum atomic E-state index is 15.1. The molecule has 3 heterocycles. The first-order valence-corrected chi connectivity index (χ1v) is 14.7. The van der Waals surface area contributed by atoms with Crippen molar-refractivity contribution in [3.63, 3.8) is 0 Å². The zero-order valence-corrected chi connectivity index (χ0v) is 24.5. The van der Waals surface area contributed by atoms with Gasteiger partial charge in [-0.05, 0) is 63.1 Å². The Labute approximate surface area is 235 Å². The molecule has 0 unspecified atom stereocenters. The summed E-state index contributed by atoms with van der Waals surface area (Å²) in [6.07, 6.45) is 0.136. The van der Waals surface area contributed by atoms with Gasteiger partial charge in [-0.2, -0.15) is 4.31 Å². The fourth-order valence-electron chi connectivity index (χ4n) is 4.42. The van der Waals surface area contributed by atoms with Gasteiger partial charge in [0.05, 0.1) is 21.1 Å². The largest absolute Gasteiger partial charge is 0.361 e. The molecule has 1 atom stereocenters. The summed E-state index contributed by atoms with van der Waals surface area (Å²) < 4.78 is 49.5. The van der Waals surface area contributed by atoms with Gasteiger partial charge in [-0.3, -0.25) is 9.59 Å². The molecule has 9 nitrogen and oxygen atoms in total. The number of sulfonamides is 1. The lowest BCUT2D eigenvalue weighted by molar-refractivity contribution is -0.120. The van der Waals surface area contributed by atoms with Crippen LogP contribution in [0.15, 0.2) is 40.3 Å². The first-order valence-electron chi connectivity index (χ1n) is 12.0. The molecule has 39 heavy (non-hydrogen) atoms. The fraction of sp³-hybridized carbons (Fsp3) is 0.346. The third-order valence-corrected chi connectivity index (χ3v) is 9.58. The van der Waals surface area contributed by atoms with E-state index in [4.69, 9.17) is 16.1 Å². The molecule has 208 valence electrons. The first-order chi connectivity index (χ1) is 18.3. The molecule has 1 fully saturated rings. The number of halogens is 2. The molecule has 0 bridgehead atoms. The van der Waals surface area contributed by atoms with Crippen molar-refractivity contribution in [2.45, 2.75) is 39.8 Å². The quantitative estimate of drug-likeness (QED) is 0.369. The summed E-state index contributed by atoms with van der Waals surface area (Å²) in [5.41, 5.74) is 1.64. The van der Waals surface area contributed by atoms with E-state index in [1.54, 1.807) is 47.0 Å². The summed E-state index contributed by atoms with van der Waals surface area (Å²) >= 11 is 7.27. The second-order valence-electron chi connectivity index (χ2n) is 9.46. The Morgan fingerprint density at radius 2 is 2.00 bits per heavy atom. The van der Waals surface area contributed by atoms with E-state index in [-0.39, 0.29) is 36.7 Å². The normalized spacial score (nSPS) is 16.4. The second kappa shape index (κ2) is 11.2. The summed E-state index contributed by atoms with van der Waals surface area (Å²) in [4.78, 5) is 29.1. The van der Waals surface area contributed by atoms with Crippen LogP contribution in [0, 0.1) is 19.7 Å². The maximum Gasteiger partial charge on any atom is 0.253 e. The molecular formula is C26H28ClFN4O5S2. The first kappa shape index (κ1) is 28.9. The van der Waals surface area contributed by atoms with Gasteiger partial charge in [0, 0.05) is 43.2 Å². The van der Waals surface area contributed by atoms with E-state index < -0.39 is 27.8 Å². The number of benzene rings is 1. The number of aromatic nitrogens is 1. The monoisotopic (exact) mass is 594 g/mol. The van der Waals surface area contributed by atoms with Crippen LogP contribution >= 0.6 is 22.9 Å². The maximum absolute atomic E-state index is 15.1. The van der Waals surface area contributed by atoms with Gasteiger partial charge in [0.1, 0.15) is 17.6 Å². The van der Waals surface area contributed by atoms with Crippen LogP contribution < -0.4 is 4.90 Å². The van der Waals surface area contributed by atoms with E-state index >= 15 is 4.39 Å². The van der Waals surface area contributed by atoms with Gasteiger partial charge in [0.2, 0.25) is 15.9 Å². The zero-order chi connectivity index (χ0) is 28.6. The van der Waals surface area contributed by atoms with Gasteiger partial charge in [-0.25, -0.2) is 12.8 Å². The number of thiophene rings is 1. The lowest BCUT2D eigenvalue weighted by atomic mass is 10.1. The van der Waals surface area contributed by atoms with Crippen molar-refractivity contribution in [2.75, 3.05) is 25.5 Å². The third-order valence-electron chi connectivity index (χ3n) is 6.53. The van der Waals surface area contributed by atoms with Crippen molar-refractivity contribution >= 4 is 56.0 Å². The van der Waals surface area contributed by atoms with Crippen molar-refractivity contribution in [3.05, 3.63) is 73.4 Å². The SMILES string of the molecule is C/C(=C/S(=O)(=O)N(Cc1c(C)noc1C)[C@H]1CCN(c2ccc(C(=O)N(C)C)cc2F)C1=O)c1ccc(Cl)s1. The lowest BCUT2D eigenvalue weighted by Gasteiger charge is -2.26. The van der Waals surface area contributed by atoms with Crippen LogP contribution in [0.3, 0.4) is 0 Å². The molecule has 13 heteroatoms. The van der Waals surface area contributed by atoms with E-state index in [1.807, 2.05) is 0 Å². The van der Waals surface area contributed by atoms with Gasteiger partial charge >= 0.3 is 0 Å². The summed E-state index contributed by atoms with van der Waals surface area (Å²) in [5, 5.41) is 5.03. The van der Waals surface area contributed by atoms with Crippen molar-refractivity contribution in [2.24, 2.45) is 0 Å². The van der Waals surface area contributed by atoms with Crippen LogP contribution in [0.4, 0.5) is 10.1 Å². The highest BCUT2D eigenvalue weighted by Gasteiger charge is 2.42. The Kier molecular flexibility index (Phi) is 8.31. The molecule has 3 aromatic rings. The number of hydrogen-bond acceptors (Lipinski definition) is 7. The third kappa shape index (κ3) is 5.93. The van der Waals surface area contributed by atoms with Gasteiger partial charge in [-0.1, -0.05) is 16.8 Å². The van der Waals surface area contributed by atoms with Gasteiger partial charge in [-0.15, -0.1) is 11.3 Å². The van der Waals surface area contributed by atoms with E-state index in [9.17, 15) is 18.0 Å². The summed E-state index contributed by atoms with van der Waals surface area (Å²) in [6, 6.07) is 6.19. The molecule has 1 saturated heterocycles. The Bertz CT molecular complexity index is 1540. The average Bonchev–Trinajstić information content (AvgIpc) is 3.56. The summed E-state index contributed by atoms with van der Waals surface area (Å²) in [7, 11) is -1.04. The molecule has 0 saturated carbocycles. The number of carbonyl (C=O) groups excluding carboxylic acids is 2. The average molecular weight is 595 g/mol. The number of nitrogens with zero attached hydrogens (tertiary/aromatic N) is 4. The van der Waals surface area contributed by atoms with Crippen molar-refractivity contribution in [3.8, 4) is 0 Å². The minimum absolute atomic E-state index is 0.0209. The number of rotatable bonds is 8. The van der Waals surface area contributed by atoms with Crippen LogP contribution in [0.25, 0.3) is 5.57 Å². The van der Waals surface area contributed by atoms with Crippen molar-refractivity contribution in [1.29, 1.82) is 0 Å². The molecule has 4 rings (SSSR count). The molecular weight excluding hydrogens is 567 g/mol. The highest BCUT2D eigenvalue weighted by Crippen LogP contribution is 2.33. The molecule has 1 aliphatic heterocycles. The lowest BCUT2D eigenvalue weighted by Crippen LogP contribution is -2.44. The molecule has 0 radical (unpaired) electrons. The Hall–Kier alpha value is -3.06. The van der Waals surface area contributed by atoms with E-state index in [0.717, 1.165) is 15.8 Å². The molecule has 1 aromatic carbocycles. The standard InChI is InChI=1S/C26H28ClFN4O5S2/c1-15(23-8-9-24(27)38-23)14-39(35,36)32(13-19-16(2)29-37-17(19)3)22-10-11-31(26(22)34)21-7-6-18(12-20(21)28)25(33)30(4)5/h6-9,12,14,22H,10-11,13H2,1-5H3/b15-14-/t22-/m0/s1. The Balaban J connectivity index is 1.70. The van der Waals surface area contributed by atoms with Gasteiger partial charge in [0.25, 0.3) is 5.91 Å². The van der Waals surface area contributed by atoms with Gasteiger partial charge < -0.3 is 14.3 Å². The molecule has 0 N–H and O–H groups in total. The number of hydrogen-bond donors (Lipinski definition) is 0. The molecule has 0 spiro atoms. The van der Waals surface area contributed by atoms with Crippen LogP contribution in [0.5, 0.6) is 0 Å². The van der Waals surface area contributed by atoms with Crippen LogP contribution in [0.1, 0.15) is 45.6 Å². The predicted octanol–water partition coefficient (Wildman–Crippen LogP) is 4.85. The number of aryl methyl sites for hydroxylation is 2. The van der Waals surface area contributed by atoms with E-state index in [2.05, 4.69) is 5.16 Å². The topological polar surface area (TPSA) is 104 Å². The van der Waals surface area contributed by atoms with E-state index in [1.165, 1.54) is 33.3 Å². The zero-order valence-electron chi connectivity index (χ0n) is 22.1. The second-order valence-corrected chi connectivity index (χ2v) is 12.9. The smallest absolute Gasteiger partial charge is 0.253 e. The van der Waals surface area contributed by atoms with Gasteiger partial charge in [0.15, 0.2) is 0 Å². The fourth-order valence-corrected chi connectivity index (χ4v) is 7.08. The number of amides is 2. The highest BCUT2D eigenvalue weighted by molar-refractivity contribution is 7.92. The van der Waals surface area contributed by atoms with Crippen LogP contribution in [-0.4, -0.2) is 61.3 Å². The minimum atomic E-state index is -4.16. The number of carbonyl (C=O) groups is 2.